The van der Waals surface area contributed by atoms with E-state index in [-0.39, 0.29) is 11.7 Å². The number of nitrogens with zero attached hydrogens (tertiary/aromatic N) is 3. The predicted octanol–water partition coefficient (Wildman–Crippen LogP) is 0.220. The average molecular weight is 278 g/mol. The third-order valence-corrected chi connectivity index (χ3v) is 4.25. The van der Waals surface area contributed by atoms with Crippen LogP contribution in [0, 0.1) is 0 Å². The molecule has 2 fully saturated rings. The van der Waals surface area contributed by atoms with Crippen LogP contribution in [0.5, 0.6) is 0 Å². The molecule has 0 radical (unpaired) electrons. The molecule has 3 heterocycles. The van der Waals surface area contributed by atoms with E-state index in [1.54, 1.807) is 24.1 Å². The van der Waals surface area contributed by atoms with E-state index in [0.717, 1.165) is 38.2 Å². The molecule has 1 N–H and O–H groups in total. The predicted molar refractivity (Wildman–Crippen MR) is 77.1 cm³/mol. The molecule has 2 atom stereocenters. The standard InChI is InChI=1S/C14H22N4O2/c1-20-13-4-6-17(10-13)12-7-14(19)18(16-8-12)9-11-3-2-5-15-11/h7-8,11,13,15H,2-6,9-10H2,1H3. The second-order valence-electron chi connectivity index (χ2n) is 5.62. The molecule has 6 nitrogen and oxygen atoms in total. The zero-order chi connectivity index (χ0) is 13.9. The Hall–Kier alpha value is -1.40. The SMILES string of the molecule is COC1CCN(c2cnn(CC3CCCN3)c(=O)c2)C1. The minimum Gasteiger partial charge on any atom is -0.380 e. The Bertz CT molecular complexity index is 510. The fourth-order valence-electron chi connectivity index (χ4n) is 3.01. The molecule has 6 heteroatoms. The summed E-state index contributed by atoms with van der Waals surface area (Å²) in [6, 6.07) is 2.08. The van der Waals surface area contributed by atoms with Gasteiger partial charge in [-0.15, -0.1) is 0 Å². The number of ether oxygens (including phenoxy) is 1. The fourth-order valence-corrected chi connectivity index (χ4v) is 3.01. The summed E-state index contributed by atoms with van der Waals surface area (Å²) >= 11 is 0. The first-order valence-electron chi connectivity index (χ1n) is 7.34. The number of rotatable bonds is 4. The van der Waals surface area contributed by atoms with Gasteiger partial charge in [-0.3, -0.25) is 4.79 Å². The first-order chi connectivity index (χ1) is 9.76. The summed E-state index contributed by atoms with van der Waals surface area (Å²) in [7, 11) is 1.74. The molecule has 2 unspecified atom stereocenters. The average Bonchev–Trinajstić information content (AvgIpc) is 3.12. The van der Waals surface area contributed by atoms with Crippen LogP contribution in [-0.2, 0) is 11.3 Å². The van der Waals surface area contributed by atoms with Crippen molar-refractivity contribution in [2.24, 2.45) is 0 Å². The number of methoxy groups -OCH3 is 1. The van der Waals surface area contributed by atoms with Crippen LogP contribution in [-0.4, -0.2) is 48.7 Å². The Morgan fingerprint density at radius 3 is 3.05 bits per heavy atom. The molecule has 0 bridgehead atoms. The Morgan fingerprint density at radius 1 is 1.50 bits per heavy atom. The molecule has 110 valence electrons. The lowest BCUT2D eigenvalue weighted by Crippen LogP contribution is -2.34. The maximum atomic E-state index is 12.2. The Labute approximate surface area is 118 Å². The zero-order valence-corrected chi connectivity index (χ0v) is 11.9. The monoisotopic (exact) mass is 278 g/mol. The molecule has 20 heavy (non-hydrogen) atoms. The molecule has 1 aromatic heterocycles. The molecule has 2 saturated heterocycles. The minimum absolute atomic E-state index is 0.0166. The summed E-state index contributed by atoms with van der Waals surface area (Å²) in [5.41, 5.74) is 0.891. The first kappa shape index (κ1) is 13.6. The Balaban J connectivity index is 1.69. The van der Waals surface area contributed by atoms with Gasteiger partial charge >= 0.3 is 0 Å². The molecular weight excluding hydrogens is 256 g/mol. The van der Waals surface area contributed by atoms with Gasteiger partial charge in [0.05, 0.1) is 24.5 Å². The van der Waals surface area contributed by atoms with Crippen molar-refractivity contribution in [3.8, 4) is 0 Å². The quantitative estimate of drug-likeness (QED) is 0.854. The van der Waals surface area contributed by atoms with Crippen molar-refractivity contribution < 1.29 is 4.74 Å². The third kappa shape index (κ3) is 2.86. The second kappa shape index (κ2) is 5.93. The Morgan fingerprint density at radius 2 is 2.40 bits per heavy atom. The maximum Gasteiger partial charge on any atom is 0.268 e. The molecule has 3 rings (SSSR count). The number of hydrogen-bond donors (Lipinski definition) is 1. The summed E-state index contributed by atoms with van der Waals surface area (Å²) in [6.45, 7) is 3.48. The summed E-state index contributed by atoms with van der Waals surface area (Å²) < 4.78 is 6.92. The summed E-state index contributed by atoms with van der Waals surface area (Å²) in [5, 5.41) is 7.71. The van der Waals surface area contributed by atoms with E-state index in [9.17, 15) is 4.79 Å². The van der Waals surface area contributed by atoms with Gasteiger partial charge in [-0.2, -0.15) is 5.10 Å². The van der Waals surface area contributed by atoms with Crippen LogP contribution < -0.4 is 15.8 Å². The molecule has 0 saturated carbocycles. The van der Waals surface area contributed by atoms with Crippen LogP contribution in [0.4, 0.5) is 5.69 Å². The normalized spacial score (nSPS) is 26.4. The zero-order valence-electron chi connectivity index (χ0n) is 11.9. The fraction of sp³-hybridized carbons (Fsp3) is 0.714. The van der Waals surface area contributed by atoms with Crippen molar-refractivity contribution in [1.82, 2.24) is 15.1 Å². The molecular formula is C14H22N4O2. The number of hydrogen-bond acceptors (Lipinski definition) is 5. The largest absolute Gasteiger partial charge is 0.380 e. The van der Waals surface area contributed by atoms with Gasteiger partial charge in [-0.05, 0) is 25.8 Å². The lowest BCUT2D eigenvalue weighted by Gasteiger charge is -2.18. The molecule has 1 aromatic rings. The van der Waals surface area contributed by atoms with E-state index in [4.69, 9.17) is 4.74 Å². The summed E-state index contributed by atoms with van der Waals surface area (Å²) in [4.78, 5) is 14.3. The number of aromatic nitrogens is 2. The molecule has 2 aliphatic rings. The van der Waals surface area contributed by atoms with Crippen molar-refractivity contribution in [2.75, 3.05) is 31.6 Å². The molecule has 0 amide bonds. The van der Waals surface area contributed by atoms with Gasteiger partial charge in [-0.1, -0.05) is 0 Å². The van der Waals surface area contributed by atoms with Crippen molar-refractivity contribution in [1.29, 1.82) is 0 Å². The highest BCUT2D eigenvalue weighted by Gasteiger charge is 2.23. The lowest BCUT2D eigenvalue weighted by atomic mass is 10.2. The number of anilines is 1. The van der Waals surface area contributed by atoms with Crippen molar-refractivity contribution >= 4 is 5.69 Å². The summed E-state index contributed by atoms with van der Waals surface area (Å²) in [6.07, 6.45) is 5.38. The first-order valence-corrected chi connectivity index (χ1v) is 7.34. The van der Waals surface area contributed by atoms with E-state index in [0.29, 0.717) is 12.6 Å². The second-order valence-corrected chi connectivity index (χ2v) is 5.62. The Kier molecular flexibility index (Phi) is 4.03. The smallest absolute Gasteiger partial charge is 0.268 e. The lowest BCUT2D eigenvalue weighted by molar-refractivity contribution is 0.121. The molecule has 2 aliphatic heterocycles. The van der Waals surface area contributed by atoms with Crippen molar-refractivity contribution in [3.05, 3.63) is 22.6 Å². The van der Waals surface area contributed by atoms with Crippen LogP contribution in [0.2, 0.25) is 0 Å². The summed E-state index contributed by atoms with van der Waals surface area (Å²) in [5.74, 6) is 0. The van der Waals surface area contributed by atoms with E-state index in [1.807, 2.05) is 0 Å². The minimum atomic E-state index is -0.0166. The molecule has 0 aromatic carbocycles. The van der Waals surface area contributed by atoms with Crippen molar-refractivity contribution in [3.63, 3.8) is 0 Å². The van der Waals surface area contributed by atoms with Gasteiger partial charge in [0, 0.05) is 32.3 Å². The van der Waals surface area contributed by atoms with E-state index >= 15 is 0 Å². The van der Waals surface area contributed by atoms with Crippen molar-refractivity contribution in [2.45, 2.75) is 38.0 Å². The highest BCUT2D eigenvalue weighted by molar-refractivity contribution is 5.44. The van der Waals surface area contributed by atoms with Gasteiger partial charge in [0.25, 0.3) is 5.56 Å². The van der Waals surface area contributed by atoms with E-state index < -0.39 is 0 Å². The topological polar surface area (TPSA) is 59.4 Å². The van der Waals surface area contributed by atoms with E-state index in [1.165, 1.54) is 6.42 Å². The van der Waals surface area contributed by atoms with Gasteiger partial charge in [0.2, 0.25) is 0 Å². The van der Waals surface area contributed by atoms with Gasteiger partial charge in [0.1, 0.15) is 0 Å². The van der Waals surface area contributed by atoms with E-state index in [2.05, 4.69) is 15.3 Å². The van der Waals surface area contributed by atoms with Crippen LogP contribution in [0.3, 0.4) is 0 Å². The van der Waals surface area contributed by atoms with Gasteiger partial charge < -0.3 is 15.0 Å². The van der Waals surface area contributed by atoms with Crippen LogP contribution in [0.25, 0.3) is 0 Å². The van der Waals surface area contributed by atoms with Crippen LogP contribution in [0.1, 0.15) is 19.3 Å². The van der Waals surface area contributed by atoms with Gasteiger partial charge in [-0.25, -0.2) is 4.68 Å². The molecule has 0 spiro atoms. The van der Waals surface area contributed by atoms with Crippen LogP contribution in [0.15, 0.2) is 17.1 Å². The number of nitrogens with one attached hydrogen (secondary N) is 1. The highest BCUT2D eigenvalue weighted by atomic mass is 16.5. The van der Waals surface area contributed by atoms with Gasteiger partial charge in [0.15, 0.2) is 0 Å². The van der Waals surface area contributed by atoms with Crippen LogP contribution >= 0.6 is 0 Å². The maximum absolute atomic E-state index is 12.2. The molecule has 0 aliphatic carbocycles. The highest BCUT2D eigenvalue weighted by Crippen LogP contribution is 2.19. The third-order valence-electron chi connectivity index (χ3n) is 4.25.